The molecule has 0 aliphatic carbocycles. The fourth-order valence-corrected chi connectivity index (χ4v) is 1.50. The highest BCUT2D eigenvalue weighted by Crippen LogP contribution is 2.17. The molecule has 0 bridgehead atoms. The second-order valence-electron chi connectivity index (χ2n) is 4.46. The third-order valence-corrected chi connectivity index (χ3v) is 2.38. The maximum atomic E-state index is 5.47. The van der Waals surface area contributed by atoms with Crippen LogP contribution >= 0.6 is 0 Å². The van der Waals surface area contributed by atoms with E-state index in [-0.39, 0.29) is 0 Å². The van der Waals surface area contributed by atoms with E-state index in [9.17, 15) is 0 Å². The van der Waals surface area contributed by atoms with Gasteiger partial charge in [-0.05, 0) is 6.92 Å². The van der Waals surface area contributed by atoms with Gasteiger partial charge in [-0.25, -0.2) is 0 Å². The van der Waals surface area contributed by atoms with E-state index < -0.39 is 0 Å². The molecular formula is C11H18N6O. The van der Waals surface area contributed by atoms with E-state index in [0.29, 0.717) is 24.5 Å². The van der Waals surface area contributed by atoms with Gasteiger partial charge in [-0.1, -0.05) is 18.9 Å². The van der Waals surface area contributed by atoms with E-state index in [1.54, 1.807) is 4.68 Å². The average molecular weight is 250 g/mol. The van der Waals surface area contributed by atoms with Gasteiger partial charge in [0.25, 0.3) is 0 Å². The Morgan fingerprint density at radius 2 is 2.17 bits per heavy atom. The van der Waals surface area contributed by atoms with Crippen molar-refractivity contribution in [3.05, 3.63) is 17.8 Å². The van der Waals surface area contributed by atoms with Crippen molar-refractivity contribution in [2.75, 3.05) is 5.32 Å². The minimum atomic E-state index is 0.381. The van der Waals surface area contributed by atoms with Crippen LogP contribution in [0.3, 0.4) is 0 Å². The number of hydrogen-bond acceptors (Lipinski definition) is 6. The number of aromatic nitrogens is 4. The molecule has 7 heteroatoms. The summed E-state index contributed by atoms with van der Waals surface area (Å²) in [5.74, 6) is 0.563. The van der Waals surface area contributed by atoms with Crippen LogP contribution in [0.4, 0.5) is 11.7 Å². The third kappa shape index (κ3) is 3.07. The molecule has 0 aliphatic heterocycles. The molecule has 0 atom stereocenters. The molecule has 0 aliphatic rings. The van der Waals surface area contributed by atoms with Crippen molar-refractivity contribution in [1.29, 1.82) is 0 Å². The zero-order chi connectivity index (χ0) is 13.1. The standard InChI is InChI=1S/C11H18N6O/c1-7(2)12-5-10-14-15-11(18-10)13-9-6-17(4)16-8(9)3/h6-7,12H,5H2,1-4H3,(H,13,15). The quantitative estimate of drug-likeness (QED) is 0.833. The van der Waals surface area contributed by atoms with Crippen LogP contribution in [0.5, 0.6) is 0 Å². The first-order chi connectivity index (χ1) is 8.54. The summed E-state index contributed by atoms with van der Waals surface area (Å²) in [6, 6.07) is 0.764. The smallest absolute Gasteiger partial charge is 0.320 e. The number of rotatable bonds is 5. The summed E-state index contributed by atoms with van der Waals surface area (Å²) in [5.41, 5.74) is 1.75. The molecule has 2 rings (SSSR count). The Balaban J connectivity index is 2.00. The summed E-state index contributed by atoms with van der Waals surface area (Å²) in [5, 5.41) is 18.4. The second-order valence-corrected chi connectivity index (χ2v) is 4.46. The summed E-state index contributed by atoms with van der Waals surface area (Å²) in [6.07, 6.45) is 1.87. The first kappa shape index (κ1) is 12.6. The van der Waals surface area contributed by atoms with Gasteiger partial charge in [0.05, 0.1) is 17.9 Å². The lowest BCUT2D eigenvalue weighted by Gasteiger charge is -2.03. The van der Waals surface area contributed by atoms with Gasteiger partial charge in [0.1, 0.15) is 0 Å². The summed E-state index contributed by atoms with van der Waals surface area (Å²) in [4.78, 5) is 0. The van der Waals surface area contributed by atoms with Crippen LogP contribution in [-0.4, -0.2) is 26.0 Å². The topological polar surface area (TPSA) is 80.8 Å². The van der Waals surface area contributed by atoms with Gasteiger partial charge < -0.3 is 15.1 Å². The minimum Gasteiger partial charge on any atom is -0.406 e. The lowest BCUT2D eigenvalue weighted by atomic mass is 10.4. The summed E-state index contributed by atoms with van der Waals surface area (Å²) in [7, 11) is 1.87. The molecule has 7 nitrogen and oxygen atoms in total. The van der Waals surface area contributed by atoms with Crippen molar-refractivity contribution < 1.29 is 4.42 Å². The number of hydrogen-bond donors (Lipinski definition) is 2. The van der Waals surface area contributed by atoms with Gasteiger partial charge in [-0.2, -0.15) is 5.10 Å². The average Bonchev–Trinajstić information content (AvgIpc) is 2.84. The lowest BCUT2D eigenvalue weighted by molar-refractivity contribution is 0.460. The molecule has 0 saturated carbocycles. The number of nitrogens with zero attached hydrogens (tertiary/aromatic N) is 4. The van der Waals surface area contributed by atoms with Gasteiger partial charge in [-0.15, -0.1) is 5.10 Å². The highest BCUT2D eigenvalue weighted by molar-refractivity contribution is 5.53. The summed E-state index contributed by atoms with van der Waals surface area (Å²) < 4.78 is 7.20. The molecule has 2 aromatic heterocycles. The highest BCUT2D eigenvalue weighted by atomic mass is 16.4. The SMILES string of the molecule is Cc1nn(C)cc1Nc1nnc(CNC(C)C)o1. The molecule has 2 heterocycles. The monoisotopic (exact) mass is 250 g/mol. The van der Waals surface area contributed by atoms with Crippen LogP contribution in [0.2, 0.25) is 0 Å². The van der Waals surface area contributed by atoms with E-state index >= 15 is 0 Å². The number of anilines is 2. The molecule has 2 aromatic rings. The first-order valence-corrected chi connectivity index (χ1v) is 5.87. The second kappa shape index (κ2) is 5.18. The predicted molar refractivity (Wildman–Crippen MR) is 67.5 cm³/mol. The Hall–Kier alpha value is -1.89. The van der Waals surface area contributed by atoms with Gasteiger partial charge in [-0.3, -0.25) is 4.68 Å². The van der Waals surface area contributed by atoms with Crippen LogP contribution in [0.25, 0.3) is 0 Å². The van der Waals surface area contributed by atoms with E-state index in [0.717, 1.165) is 11.4 Å². The maximum Gasteiger partial charge on any atom is 0.320 e. The molecule has 98 valence electrons. The zero-order valence-corrected chi connectivity index (χ0v) is 11.1. The molecule has 0 saturated heterocycles. The van der Waals surface area contributed by atoms with Gasteiger partial charge in [0.2, 0.25) is 5.89 Å². The lowest BCUT2D eigenvalue weighted by Crippen LogP contribution is -2.21. The van der Waals surface area contributed by atoms with Crippen LogP contribution in [0.15, 0.2) is 10.6 Å². The van der Waals surface area contributed by atoms with Crippen molar-refractivity contribution in [1.82, 2.24) is 25.3 Å². The van der Waals surface area contributed by atoms with Crippen molar-refractivity contribution in [3.63, 3.8) is 0 Å². The molecule has 0 spiro atoms. The van der Waals surface area contributed by atoms with Gasteiger partial charge in [0.15, 0.2) is 0 Å². The van der Waals surface area contributed by atoms with Crippen LogP contribution < -0.4 is 10.6 Å². The van der Waals surface area contributed by atoms with E-state index in [1.807, 2.05) is 20.2 Å². The van der Waals surface area contributed by atoms with Crippen LogP contribution in [0, 0.1) is 6.92 Å². The minimum absolute atomic E-state index is 0.381. The van der Waals surface area contributed by atoms with Crippen LogP contribution in [-0.2, 0) is 13.6 Å². The molecule has 0 radical (unpaired) electrons. The van der Waals surface area contributed by atoms with Gasteiger partial charge in [0, 0.05) is 19.3 Å². The number of aryl methyl sites for hydroxylation is 2. The number of nitrogens with one attached hydrogen (secondary N) is 2. The fraction of sp³-hybridized carbons (Fsp3) is 0.545. The molecule has 18 heavy (non-hydrogen) atoms. The zero-order valence-electron chi connectivity index (χ0n) is 11.1. The largest absolute Gasteiger partial charge is 0.406 e. The molecule has 0 aromatic carbocycles. The highest BCUT2D eigenvalue weighted by Gasteiger charge is 2.09. The normalized spacial score (nSPS) is 11.2. The summed E-state index contributed by atoms with van der Waals surface area (Å²) in [6.45, 7) is 6.61. The van der Waals surface area contributed by atoms with Gasteiger partial charge >= 0.3 is 6.01 Å². The van der Waals surface area contributed by atoms with Crippen molar-refractivity contribution in [2.24, 2.45) is 7.05 Å². The molecular weight excluding hydrogens is 232 g/mol. The van der Waals surface area contributed by atoms with Crippen LogP contribution in [0.1, 0.15) is 25.4 Å². The van der Waals surface area contributed by atoms with Crippen molar-refractivity contribution >= 4 is 11.7 Å². The van der Waals surface area contributed by atoms with E-state index in [1.165, 1.54) is 0 Å². The Labute approximate surface area is 106 Å². The fourth-order valence-electron chi connectivity index (χ4n) is 1.50. The molecule has 0 fully saturated rings. The predicted octanol–water partition coefficient (Wildman–Crippen LogP) is 1.35. The van der Waals surface area contributed by atoms with Crippen molar-refractivity contribution in [2.45, 2.75) is 33.4 Å². The summed E-state index contributed by atoms with van der Waals surface area (Å²) >= 11 is 0. The van der Waals surface area contributed by atoms with E-state index in [2.05, 4.69) is 39.8 Å². The van der Waals surface area contributed by atoms with Crippen molar-refractivity contribution in [3.8, 4) is 0 Å². The van der Waals surface area contributed by atoms with E-state index in [4.69, 9.17) is 4.42 Å². The Bertz CT molecular complexity index is 515. The maximum absolute atomic E-state index is 5.47. The first-order valence-electron chi connectivity index (χ1n) is 5.87. The molecule has 0 amide bonds. The third-order valence-electron chi connectivity index (χ3n) is 2.38. The Kier molecular flexibility index (Phi) is 3.61. The Morgan fingerprint density at radius 1 is 1.39 bits per heavy atom. The Morgan fingerprint density at radius 3 is 2.78 bits per heavy atom. The molecule has 0 unspecified atom stereocenters. The molecule has 2 N–H and O–H groups in total.